The molecule has 3 nitrogen and oxygen atoms in total. The summed E-state index contributed by atoms with van der Waals surface area (Å²) in [5, 5.41) is 6.04. The second kappa shape index (κ2) is 11.5. The summed E-state index contributed by atoms with van der Waals surface area (Å²) in [4.78, 5) is 13.5. The molecule has 2 N–H and O–H groups in total. The highest BCUT2D eigenvalue weighted by Gasteiger charge is 2.40. The molecule has 2 amide bonds. The third-order valence-electron chi connectivity index (χ3n) is 7.51. The van der Waals surface area contributed by atoms with Crippen LogP contribution in [-0.2, 0) is 18.1 Å². The summed E-state index contributed by atoms with van der Waals surface area (Å²) < 4.78 is 56.7. The topological polar surface area (TPSA) is 41.1 Å². The number of rotatable bonds is 7. The van der Waals surface area contributed by atoms with Gasteiger partial charge in [0.15, 0.2) is 0 Å². The van der Waals surface area contributed by atoms with Crippen LogP contribution < -0.4 is 10.6 Å². The minimum Gasteiger partial charge on any atom is -0.335 e. The number of urea groups is 1. The van der Waals surface area contributed by atoms with E-state index in [-0.39, 0.29) is 18.0 Å². The molecule has 1 aliphatic carbocycles. The number of alkyl halides is 3. The van der Waals surface area contributed by atoms with E-state index in [4.69, 9.17) is 0 Å². The van der Waals surface area contributed by atoms with Gasteiger partial charge in [0.2, 0.25) is 0 Å². The van der Waals surface area contributed by atoms with Crippen molar-refractivity contribution in [1.82, 2.24) is 10.6 Å². The fourth-order valence-electron chi connectivity index (χ4n) is 5.54. The van der Waals surface area contributed by atoms with Gasteiger partial charge in [-0.25, -0.2) is 9.18 Å². The molecule has 0 bridgehead atoms. The number of amides is 2. The van der Waals surface area contributed by atoms with Gasteiger partial charge in [0.25, 0.3) is 0 Å². The number of carbonyl (C=O) groups is 1. The Morgan fingerprint density at radius 1 is 0.725 bits per heavy atom. The molecule has 0 aliphatic heterocycles. The van der Waals surface area contributed by atoms with E-state index >= 15 is 0 Å². The maximum absolute atomic E-state index is 14.9. The van der Waals surface area contributed by atoms with Gasteiger partial charge in [-0.1, -0.05) is 91.7 Å². The third-order valence-corrected chi connectivity index (χ3v) is 7.51. The highest BCUT2D eigenvalue weighted by Crippen LogP contribution is 2.39. The molecule has 0 radical (unpaired) electrons. The normalized spacial score (nSPS) is 15.4. The van der Waals surface area contributed by atoms with Crippen molar-refractivity contribution in [2.24, 2.45) is 0 Å². The van der Waals surface area contributed by atoms with Gasteiger partial charge in [-0.3, -0.25) is 0 Å². The Kier molecular flexibility index (Phi) is 7.92. The summed E-state index contributed by atoms with van der Waals surface area (Å²) >= 11 is 0. The second-order valence-electron chi connectivity index (χ2n) is 10.3. The van der Waals surface area contributed by atoms with Crippen LogP contribution in [0.2, 0.25) is 0 Å². The maximum Gasteiger partial charge on any atom is 0.416 e. The molecule has 1 unspecified atom stereocenters. The van der Waals surface area contributed by atoms with Crippen LogP contribution in [0.15, 0.2) is 103 Å². The maximum atomic E-state index is 14.9. The van der Waals surface area contributed by atoms with E-state index in [2.05, 4.69) is 10.6 Å². The number of hydrogen-bond donors (Lipinski definition) is 2. The molecule has 1 fully saturated rings. The molecule has 206 valence electrons. The Labute approximate surface area is 231 Å². The number of halogens is 4. The van der Waals surface area contributed by atoms with Crippen LogP contribution in [0.25, 0.3) is 11.1 Å². The molecular formula is C33H30F4N2O. The van der Waals surface area contributed by atoms with E-state index in [1.54, 1.807) is 12.1 Å². The lowest BCUT2D eigenvalue weighted by Gasteiger charge is -2.37. The lowest BCUT2D eigenvalue weighted by Crippen LogP contribution is -2.53. The number of carbonyl (C=O) groups excluding carboxylic acids is 1. The monoisotopic (exact) mass is 546 g/mol. The SMILES string of the molecule is O=C(NC1CCCC1)NC(Cc1ccccc1)(c1cccc(-c2ccccc2)c1)c1cc(F)cc(C(F)(F)F)c1. The minimum atomic E-state index is -4.77. The molecule has 1 aliphatic rings. The zero-order valence-electron chi connectivity index (χ0n) is 21.8. The van der Waals surface area contributed by atoms with Crippen LogP contribution in [0, 0.1) is 5.82 Å². The van der Waals surface area contributed by atoms with Crippen LogP contribution in [-0.4, -0.2) is 12.1 Å². The van der Waals surface area contributed by atoms with Crippen molar-refractivity contribution in [3.05, 3.63) is 131 Å². The first-order valence-electron chi connectivity index (χ1n) is 13.4. The summed E-state index contributed by atoms with van der Waals surface area (Å²) in [7, 11) is 0. The molecule has 1 saturated carbocycles. The predicted octanol–water partition coefficient (Wildman–Crippen LogP) is 8.24. The average Bonchev–Trinajstić information content (AvgIpc) is 3.46. The third kappa shape index (κ3) is 6.19. The summed E-state index contributed by atoms with van der Waals surface area (Å²) in [5.41, 5.74) is 0.415. The van der Waals surface area contributed by atoms with E-state index < -0.39 is 29.1 Å². The second-order valence-corrected chi connectivity index (χ2v) is 10.3. The molecule has 1 atom stereocenters. The molecule has 40 heavy (non-hydrogen) atoms. The van der Waals surface area contributed by atoms with Crippen LogP contribution in [0.5, 0.6) is 0 Å². The van der Waals surface area contributed by atoms with Crippen molar-refractivity contribution in [2.45, 2.75) is 49.9 Å². The van der Waals surface area contributed by atoms with Crippen molar-refractivity contribution in [3.63, 3.8) is 0 Å². The lowest BCUT2D eigenvalue weighted by molar-refractivity contribution is -0.137. The largest absolute Gasteiger partial charge is 0.416 e. The number of nitrogens with one attached hydrogen (secondary N) is 2. The highest BCUT2D eigenvalue weighted by molar-refractivity contribution is 5.77. The Bertz CT molecular complexity index is 1450. The van der Waals surface area contributed by atoms with E-state index in [0.717, 1.165) is 54.5 Å². The Morgan fingerprint density at radius 3 is 2.02 bits per heavy atom. The Hall–Kier alpha value is -4.13. The minimum absolute atomic E-state index is 0.00969. The van der Waals surface area contributed by atoms with Gasteiger partial charge in [-0.05, 0) is 64.9 Å². The molecule has 0 aromatic heterocycles. The van der Waals surface area contributed by atoms with E-state index in [1.807, 2.05) is 72.8 Å². The van der Waals surface area contributed by atoms with Gasteiger partial charge in [0.1, 0.15) is 5.82 Å². The summed E-state index contributed by atoms with van der Waals surface area (Å²) in [5.74, 6) is -1.03. The van der Waals surface area contributed by atoms with Crippen molar-refractivity contribution in [3.8, 4) is 11.1 Å². The fourth-order valence-corrected chi connectivity index (χ4v) is 5.54. The smallest absolute Gasteiger partial charge is 0.335 e. The van der Waals surface area contributed by atoms with Gasteiger partial charge in [-0.15, -0.1) is 0 Å². The Balaban J connectivity index is 1.71. The van der Waals surface area contributed by atoms with Crippen molar-refractivity contribution in [1.29, 1.82) is 0 Å². The quantitative estimate of drug-likeness (QED) is 0.225. The summed E-state index contributed by atoms with van der Waals surface area (Å²) in [6, 6.07) is 28.0. The van der Waals surface area contributed by atoms with Gasteiger partial charge in [-0.2, -0.15) is 13.2 Å². The first-order chi connectivity index (χ1) is 19.2. The number of hydrogen-bond acceptors (Lipinski definition) is 1. The van der Waals surface area contributed by atoms with Crippen molar-refractivity contribution < 1.29 is 22.4 Å². The summed E-state index contributed by atoms with van der Waals surface area (Å²) in [6.45, 7) is 0. The van der Waals surface area contributed by atoms with Crippen molar-refractivity contribution >= 4 is 6.03 Å². The molecule has 0 saturated heterocycles. The fraction of sp³-hybridized carbons (Fsp3) is 0.242. The average molecular weight is 547 g/mol. The molecule has 4 aromatic carbocycles. The van der Waals surface area contributed by atoms with Gasteiger partial charge in [0.05, 0.1) is 11.1 Å². The van der Waals surface area contributed by atoms with Gasteiger partial charge in [0, 0.05) is 12.5 Å². The molecule has 5 rings (SSSR count). The van der Waals surface area contributed by atoms with E-state index in [9.17, 15) is 22.4 Å². The standard InChI is InChI=1S/C33H30F4N2O/c34-29-20-27(19-28(21-29)33(35,36)37)32(22-23-10-3-1-4-11-23,39-31(40)38-30-16-7-8-17-30)26-15-9-14-25(18-26)24-12-5-2-6-13-24/h1-6,9-15,18-21,30H,7-8,16-17,22H2,(H2,38,39,40). The molecule has 0 heterocycles. The first-order valence-corrected chi connectivity index (χ1v) is 13.4. The van der Waals surface area contributed by atoms with Crippen molar-refractivity contribution in [2.75, 3.05) is 0 Å². The number of benzene rings is 4. The van der Waals surface area contributed by atoms with Gasteiger partial charge < -0.3 is 10.6 Å². The Morgan fingerprint density at radius 2 is 1.35 bits per heavy atom. The first kappa shape index (κ1) is 27.4. The van der Waals surface area contributed by atoms with Crippen LogP contribution in [0.1, 0.15) is 47.9 Å². The van der Waals surface area contributed by atoms with E-state index in [0.29, 0.717) is 11.6 Å². The molecular weight excluding hydrogens is 516 g/mol. The lowest BCUT2D eigenvalue weighted by atomic mass is 9.76. The summed E-state index contributed by atoms with van der Waals surface area (Å²) in [6.07, 6.45) is -1.00. The molecule has 0 spiro atoms. The van der Waals surface area contributed by atoms with Gasteiger partial charge >= 0.3 is 12.2 Å². The highest BCUT2D eigenvalue weighted by atomic mass is 19.4. The van der Waals surface area contributed by atoms with E-state index in [1.165, 1.54) is 0 Å². The zero-order valence-corrected chi connectivity index (χ0v) is 21.8. The molecule has 7 heteroatoms. The van der Waals surface area contributed by atoms with Crippen LogP contribution in [0.4, 0.5) is 22.4 Å². The van der Waals surface area contributed by atoms with Crippen LogP contribution in [0.3, 0.4) is 0 Å². The zero-order chi connectivity index (χ0) is 28.2. The molecule has 4 aromatic rings. The predicted molar refractivity (Wildman–Crippen MR) is 148 cm³/mol. The van der Waals surface area contributed by atoms with Crippen LogP contribution >= 0.6 is 0 Å².